The predicted molar refractivity (Wildman–Crippen MR) is 116 cm³/mol. The predicted octanol–water partition coefficient (Wildman–Crippen LogP) is 1.07. The van der Waals surface area contributed by atoms with Gasteiger partial charge in [-0.25, -0.2) is 4.79 Å². The second-order valence-electron chi connectivity index (χ2n) is 6.04. The number of nitrogen functional groups attached to an aromatic ring is 1. The second kappa shape index (κ2) is 10.4. The molecule has 0 amide bonds. The minimum atomic E-state index is -0.591. The van der Waals surface area contributed by atoms with E-state index < -0.39 is 11.2 Å². The van der Waals surface area contributed by atoms with E-state index in [9.17, 15) is 9.59 Å². The van der Waals surface area contributed by atoms with Crippen LogP contribution in [0.3, 0.4) is 0 Å². The SMILES string of the molecule is C=CCNC(=S)N(CCCOC)c1c(N)n(Cc2ccccc2)c(=O)[nH]c1=O. The van der Waals surface area contributed by atoms with E-state index in [1.165, 1.54) is 4.57 Å². The van der Waals surface area contributed by atoms with Crippen LogP contribution in [0.15, 0.2) is 52.6 Å². The molecule has 0 aliphatic carbocycles. The van der Waals surface area contributed by atoms with Gasteiger partial charge in [0.05, 0.1) is 6.54 Å². The molecular formula is C19H25N5O3S. The van der Waals surface area contributed by atoms with E-state index in [0.717, 1.165) is 5.56 Å². The Balaban J connectivity index is 2.47. The molecule has 0 fully saturated rings. The van der Waals surface area contributed by atoms with Crippen molar-refractivity contribution in [2.75, 3.05) is 37.4 Å². The average molecular weight is 404 g/mol. The summed E-state index contributed by atoms with van der Waals surface area (Å²) in [7, 11) is 1.60. The Morgan fingerprint density at radius 2 is 2.11 bits per heavy atom. The average Bonchev–Trinajstić information content (AvgIpc) is 2.69. The molecule has 0 atom stereocenters. The lowest BCUT2D eigenvalue weighted by molar-refractivity contribution is 0.197. The van der Waals surface area contributed by atoms with Crippen LogP contribution in [0.5, 0.6) is 0 Å². The van der Waals surface area contributed by atoms with Crippen LogP contribution in [0, 0.1) is 0 Å². The van der Waals surface area contributed by atoms with Crippen molar-refractivity contribution in [3.63, 3.8) is 0 Å². The van der Waals surface area contributed by atoms with Crippen molar-refractivity contribution in [1.82, 2.24) is 14.9 Å². The number of nitrogens with zero attached hydrogens (tertiary/aromatic N) is 2. The summed E-state index contributed by atoms with van der Waals surface area (Å²) >= 11 is 5.43. The van der Waals surface area contributed by atoms with Crippen LogP contribution in [0.4, 0.5) is 11.5 Å². The number of nitrogens with two attached hydrogens (primary N) is 1. The molecule has 0 aliphatic rings. The zero-order valence-corrected chi connectivity index (χ0v) is 16.6. The van der Waals surface area contributed by atoms with Gasteiger partial charge in [0, 0.05) is 26.8 Å². The topological polar surface area (TPSA) is 105 Å². The van der Waals surface area contributed by atoms with Crippen molar-refractivity contribution in [2.24, 2.45) is 0 Å². The van der Waals surface area contributed by atoms with Crippen LogP contribution < -0.4 is 27.2 Å². The number of aromatic nitrogens is 2. The lowest BCUT2D eigenvalue weighted by atomic mass is 10.2. The molecule has 150 valence electrons. The Kier molecular flexibility index (Phi) is 7.97. The standard InChI is InChI=1S/C19H25N5O3S/c1-3-10-21-19(28)23(11-7-12-27-2)15-16(20)24(18(26)22-17(15)25)13-14-8-5-4-6-9-14/h3-6,8-9H,1,7,10-13,20H2,2H3,(H,21,28)(H,22,25,26). The fourth-order valence-corrected chi connectivity index (χ4v) is 2.96. The molecule has 28 heavy (non-hydrogen) atoms. The van der Waals surface area contributed by atoms with E-state index >= 15 is 0 Å². The maximum Gasteiger partial charge on any atom is 0.330 e. The molecule has 2 rings (SSSR count). The van der Waals surface area contributed by atoms with Gasteiger partial charge >= 0.3 is 5.69 Å². The fourth-order valence-electron chi connectivity index (χ4n) is 2.70. The van der Waals surface area contributed by atoms with Gasteiger partial charge in [0.25, 0.3) is 5.56 Å². The Bertz CT molecular complexity index is 923. The molecule has 8 nitrogen and oxygen atoms in total. The second-order valence-corrected chi connectivity index (χ2v) is 6.42. The van der Waals surface area contributed by atoms with Crippen molar-refractivity contribution in [3.8, 4) is 0 Å². The van der Waals surface area contributed by atoms with E-state index in [1.807, 2.05) is 30.3 Å². The summed E-state index contributed by atoms with van der Waals surface area (Å²) in [5.74, 6) is 0.0535. The molecule has 0 radical (unpaired) electrons. The zero-order chi connectivity index (χ0) is 20.5. The van der Waals surface area contributed by atoms with Gasteiger partial charge in [0.1, 0.15) is 5.82 Å². The number of aromatic amines is 1. The van der Waals surface area contributed by atoms with Crippen LogP contribution in [0.1, 0.15) is 12.0 Å². The van der Waals surface area contributed by atoms with Gasteiger partial charge in [-0.05, 0) is 24.2 Å². The first kappa shape index (κ1) is 21.4. The molecule has 1 aromatic carbocycles. The summed E-state index contributed by atoms with van der Waals surface area (Å²) in [6.45, 7) is 5.20. The molecule has 2 aromatic rings. The molecule has 4 N–H and O–H groups in total. The third-order valence-corrected chi connectivity index (χ3v) is 4.41. The van der Waals surface area contributed by atoms with Crippen LogP contribution in [0.25, 0.3) is 0 Å². The first-order valence-corrected chi connectivity index (χ1v) is 9.22. The van der Waals surface area contributed by atoms with E-state index in [1.54, 1.807) is 18.1 Å². The van der Waals surface area contributed by atoms with Gasteiger partial charge in [-0.2, -0.15) is 0 Å². The molecule has 9 heteroatoms. The summed E-state index contributed by atoms with van der Waals surface area (Å²) in [5, 5.41) is 3.32. The van der Waals surface area contributed by atoms with Crippen LogP contribution in [0.2, 0.25) is 0 Å². The molecule has 0 saturated carbocycles. The highest BCUT2D eigenvalue weighted by Crippen LogP contribution is 2.18. The van der Waals surface area contributed by atoms with E-state index in [0.29, 0.717) is 31.2 Å². The Hall–Kier alpha value is -2.91. The minimum Gasteiger partial charge on any atom is -0.385 e. The molecule has 0 unspecified atom stereocenters. The van der Waals surface area contributed by atoms with Gasteiger partial charge in [0.15, 0.2) is 10.8 Å². The number of hydrogen-bond acceptors (Lipinski definition) is 5. The highest BCUT2D eigenvalue weighted by molar-refractivity contribution is 7.80. The van der Waals surface area contributed by atoms with Gasteiger partial charge in [-0.15, -0.1) is 6.58 Å². The molecule has 0 bridgehead atoms. The summed E-state index contributed by atoms with van der Waals surface area (Å²) in [6, 6.07) is 9.38. The summed E-state index contributed by atoms with van der Waals surface area (Å²) in [4.78, 5) is 28.9. The number of hydrogen-bond donors (Lipinski definition) is 3. The first-order valence-electron chi connectivity index (χ1n) is 8.81. The van der Waals surface area contributed by atoms with Crippen molar-refractivity contribution in [1.29, 1.82) is 0 Å². The molecule has 0 saturated heterocycles. The van der Waals surface area contributed by atoms with Crippen LogP contribution >= 0.6 is 12.2 Å². The Morgan fingerprint density at radius 3 is 2.75 bits per heavy atom. The number of anilines is 2. The van der Waals surface area contributed by atoms with Gasteiger partial charge in [-0.3, -0.25) is 14.3 Å². The molecule has 1 aromatic heterocycles. The summed E-state index contributed by atoms with van der Waals surface area (Å²) in [6.07, 6.45) is 2.27. The quantitative estimate of drug-likeness (QED) is 0.327. The van der Waals surface area contributed by atoms with E-state index in [4.69, 9.17) is 22.7 Å². The van der Waals surface area contributed by atoms with Gasteiger partial charge in [-0.1, -0.05) is 36.4 Å². The van der Waals surface area contributed by atoms with Crippen LogP contribution in [-0.4, -0.2) is 41.5 Å². The number of nitrogens with one attached hydrogen (secondary N) is 2. The van der Waals surface area contributed by atoms with Crippen molar-refractivity contribution < 1.29 is 4.74 Å². The number of thiocarbonyl (C=S) groups is 1. The smallest absolute Gasteiger partial charge is 0.330 e. The van der Waals surface area contributed by atoms with Gasteiger partial charge in [0.2, 0.25) is 0 Å². The molecular weight excluding hydrogens is 378 g/mol. The third-order valence-electron chi connectivity index (χ3n) is 4.04. The number of methoxy groups -OCH3 is 1. The maximum atomic E-state index is 12.6. The van der Waals surface area contributed by atoms with E-state index in [2.05, 4.69) is 16.9 Å². The lowest BCUT2D eigenvalue weighted by Gasteiger charge is -2.27. The van der Waals surface area contributed by atoms with E-state index in [-0.39, 0.29) is 18.1 Å². The van der Waals surface area contributed by atoms with Crippen molar-refractivity contribution >= 4 is 28.8 Å². The Labute approximate surface area is 168 Å². The number of benzene rings is 1. The van der Waals surface area contributed by atoms with Crippen molar-refractivity contribution in [2.45, 2.75) is 13.0 Å². The largest absolute Gasteiger partial charge is 0.385 e. The fraction of sp³-hybridized carbons (Fsp3) is 0.316. The molecule has 0 aliphatic heterocycles. The number of rotatable bonds is 9. The maximum absolute atomic E-state index is 12.6. The van der Waals surface area contributed by atoms with Gasteiger partial charge < -0.3 is 20.7 Å². The summed E-state index contributed by atoms with van der Waals surface area (Å²) in [5.41, 5.74) is 6.12. The highest BCUT2D eigenvalue weighted by Gasteiger charge is 2.21. The molecule has 0 spiro atoms. The molecule has 1 heterocycles. The zero-order valence-electron chi connectivity index (χ0n) is 15.8. The van der Waals surface area contributed by atoms with Crippen molar-refractivity contribution in [3.05, 3.63) is 69.4 Å². The monoisotopic (exact) mass is 403 g/mol. The highest BCUT2D eigenvalue weighted by atomic mass is 32.1. The number of H-pyrrole nitrogens is 1. The number of ether oxygens (including phenoxy) is 1. The first-order chi connectivity index (χ1) is 13.5. The van der Waals surface area contributed by atoms with Crippen LogP contribution in [-0.2, 0) is 11.3 Å². The Morgan fingerprint density at radius 1 is 1.39 bits per heavy atom. The summed E-state index contributed by atoms with van der Waals surface area (Å²) < 4.78 is 6.42. The minimum absolute atomic E-state index is 0.0535. The normalized spacial score (nSPS) is 10.5. The third kappa shape index (κ3) is 5.30. The lowest BCUT2D eigenvalue weighted by Crippen LogP contribution is -2.46.